The summed E-state index contributed by atoms with van der Waals surface area (Å²) in [4.78, 5) is 28.3. The lowest BCUT2D eigenvalue weighted by Crippen LogP contribution is -2.51. The summed E-state index contributed by atoms with van der Waals surface area (Å²) in [5.41, 5.74) is 3.00. The quantitative estimate of drug-likeness (QED) is 0.402. The molecular formula is C27H29ClN2O2S. The van der Waals surface area contributed by atoms with Crippen LogP contribution in [0, 0.1) is 0 Å². The van der Waals surface area contributed by atoms with Gasteiger partial charge in [0.2, 0.25) is 11.8 Å². The van der Waals surface area contributed by atoms with Gasteiger partial charge >= 0.3 is 0 Å². The fourth-order valence-corrected chi connectivity index (χ4v) is 4.77. The van der Waals surface area contributed by atoms with Gasteiger partial charge in [0.25, 0.3) is 0 Å². The molecule has 0 saturated heterocycles. The molecule has 0 aliphatic rings. The number of benzene rings is 3. The highest BCUT2D eigenvalue weighted by molar-refractivity contribution is 7.99. The van der Waals surface area contributed by atoms with Crippen molar-refractivity contribution < 1.29 is 9.59 Å². The lowest BCUT2D eigenvalue weighted by molar-refractivity contribution is -0.139. The van der Waals surface area contributed by atoms with Gasteiger partial charge in [-0.3, -0.25) is 9.59 Å². The molecule has 3 aromatic carbocycles. The average Bonchev–Trinajstić information content (AvgIpc) is 2.84. The fourth-order valence-electron chi connectivity index (χ4n) is 3.57. The fraction of sp³-hybridized carbons (Fsp3) is 0.259. The Morgan fingerprint density at radius 2 is 1.52 bits per heavy atom. The number of likely N-dealkylation sites (N-methyl/N-ethyl adjacent to an activating group) is 1. The number of thioether (sulfide) groups is 1. The molecule has 6 heteroatoms. The van der Waals surface area contributed by atoms with E-state index in [1.165, 1.54) is 11.8 Å². The Labute approximate surface area is 205 Å². The van der Waals surface area contributed by atoms with Crippen molar-refractivity contribution in [1.29, 1.82) is 0 Å². The summed E-state index contributed by atoms with van der Waals surface area (Å²) < 4.78 is 0. The predicted molar refractivity (Wildman–Crippen MR) is 137 cm³/mol. The van der Waals surface area contributed by atoms with Crippen LogP contribution >= 0.6 is 23.4 Å². The number of halogens is 1. The second-order valence-electron chi connectivity index (χ2n) is 7.69. The van der Waals surface area contributed by atoms with Crippen molar-refractivity contribution in [3.8, 4) is 0 Å². The first-order chi connectivity index (χ1) is 16.1. The Balaban J connectivity index is 1.81. The SMILES string of the molecule is CCNC(=O)[C@@H](Cc1ccccc1)N(Cc1ccccc1)C(=O)CSCc1ccccc1Cl. The van der Waals surface area contributed by atoms with Crippen LogP contribution in [0.4, 0.5) is 0 Å². The number of hydrogen-bond donors (Lipinski definition) is 1. The highest BCUT2D eigenvalue weighted by Gasteiger charge is 2.30. The Morgan fingerprint density at radius 1 is 0.909 bits per heavy atom. The van der Waals surface area contributed by atoms with Crippen LogP contribution in [0.2, 0.25) is 5.02 Å². The van der Waals surface area contributed by atoms with Gasteiger partial charge in [-0.25, -0.2) is 0 Å². The lowest BCUT2D eigenvalue weighted by Gasteiger charge is -2.31. The average molecular weight is 481 g/mol. The third-order valence-electron chi connectivity index (χ3n) is 5.26. The molecule has 4 nitrogen and oxygen atoms in total. The summed E-state index contributed by atoms with van der Waals surface area (Å²) in [7, 11) is 0. The first kappa shape index (κ1) is 24.9. The standard InChI is InChI=1S/C27H29ClN2O2S/c1-2-29-27(32)25(17-21-11-5-3-6-12-21)30(18-22-13-7-4-8-14-22)26(31)20-33-19-23-15-9-10-16-24(23)28/h3-16,25H,2,17-20H2,1H3,(H,29,32)/t25-/m1/s1. The van der Waals surface area contributed by atoms with Crippen molar-refractivity contribution in [3.05, 3.63) is 107 Å². The Bertz CT molecular complexity index is 1030. The van der Waals surface area contributed by atoms with Gasteiger partial charge in [0.15, 0.2) is 0 Å². The molecule has 3 aromatic rings. The van der Waals surface area contributed by atoms with Crippen LogP contribution in [-0.2, 0) is 28.3 Å². The maximum atomic E-state index is 13.5. The minimum Gasteiger partial charge on any atom is -0.355 e. The van der Waals surface area contributed by atoms with Crippen molar-refractivity contribution in [2.75, 3.05) is 12.3 Å². The zero-order chi connectivity index (χ0) is 23.5. The van der Waals surface area contributed by atoms with Gasteiger partial charge in [0, 0.05) is 30.3 Å². The molecule has 0 aliphatic heterocycles. The Hall–Kier alpha value is -2.76. The summed E-state index contributed by atoms with van der Waals surface area (Å²) in [5.74, 6) is 0.697. The van der Waals surface area contributed by atoms with Gasteiger partial charge in [-0.2, -0.15) is 0 Å². The molecule has 0 radical (unpaired) electrons. The molecular weight excluding hydrogens is 452 g/mol. The topological polar surface area (TPSA) is 49.4 Å². The van der Waals surface area contributed by atoms with Crippen molar-refractivity contribution >= 4 is 35.2 Å². The summed E-state index contributed by atoms with van der Waals surface area (Å²) in [6.07, 6.45) is 0.459. The number of nitrogens with one attached hydrogen (secondary N) is 1. The number of carbonyl (C=O) groups excluding carboxylic acids is 2. The normalized spacial score (nSPS) is 11.6. The smallest absolute Gasteiger partial charge is 0.243 e. The predicted octanol–water partition coefficient (Wildman–Crippen LogP) is 5.35. The van der Waals surface area contributed by atoms with E-state index in [1.54, 1.807) is 4.90 Å². The van der Waals surface area contributed by atoms with E-state index < -0.39 is 6.04 Å². The van der Waals surface area contributed by atoms with Gasteiger partial charge in [0.1, 0.15) is 6.04 Å². The minimum atomic E-state index is -0.596. The van der Waals surface area contributed by atoms with Crippen LogP contribution in [0.5, 0.6) is 0 Å². The Morgan fingerprint density at radius 3 is 2.15 bits per heavy atom. The molecule has 2 amide bonds. The Kier molecular flexibility index (Phi) is 9.85. The van der Waals surface area contributed by atoms with E-state index in [2.05, 4.69) is 5.32 Å². The van der Waals surface area contributed by atoms with Crippen molar-refractivity contribution in [3.63, 3.8) is 0 Å². The van der Waals surface area contributed by atoms with Crippen molar-refractivity contribution in [2.45, 2.75) is 31.7 Å². The maximum Gasteiger partial charge on any atom is 0.243 e. The van der Waals surface area contributed by atoms with E-state index in [0.29, 0.717) is 30.3 Å². The molecule has 0 spiro atoms. The van der Waals surface area contributed by atoms with E-state index in [0.717, 1.165) is 16.7 Å². The van der Waals surface area contributed by atoms with Crippen LogP contribution in [0.3, 0.4) is 0 Å². The maximum absolute atomic E-state index is 13.5. The molecule has 0 heterocycles. The van der Waals surface area contributed by atoms with E-state index >= 15 is 0 Å². The molecule has 172 valence electrons. The van der Waals surface area contributed by atoms with E-state index in [1.807, 2.05) is 91.9 Å². The van der Waals surface area contributed by atoms with Gasteiger partial charge in [-0.15, -0.1) is 11.8 Å². The van der Waals surface area contributed by atoms with Crippen LogP contribution in [0.1, 0.15) is 23.6 Å². The molecule has 33 heavy (non-hydrogen) atoms. The van der Waals surface area contributed by atoms with Crippen LogP contribution in [0.15, 0.2) is 84.9 Å². The van der Waals surface area contributed by atoms with Crippen LogP contribution in [-0.4, -0.2) is 35.1 Å². The molecule has 3 rings (SSSR count). The summed E-state index contributed by atoms with van der Waals surface area (Å²) in [6, 6.07) is 26.7. The first-order valence-electron chi connectivity index (χ1n) is 11.0. The van der Waals surface area contributed by atoms with Crippen LogP contribution in [0.25, 0.3) is 0 Å². The molecule has 0 fully saturated rings. The zero-order valence-electron chi connectivity index (χ0n) is 18.7. The summed E-state index contributed by atoms with van der Waals surface area (Å²) in [5, 5.41) is 3.62. The largest absolute Gasteiger partial charge is 0.355 e. The second kappa shape index (κ2) is 13.1. The van der Waals surface area contributed by atoms with Crippen LogP contribution < -0.4 is 5.32 Å². The molecule has 0 aliphatic carbocycles. The van der Waals surface area contributed by atoms with Crippen molar-refractivity contribution in [1.82, 2.24) is 10.2 Å². The second-order valence-corrected chi connectivity index (χ2v) is 9.08. The number of hydrogen-bond acceptors (Lipinski definition) is 3. The number of nitrogens with zero attached hydrogens (tertiary/aromatic N) is 1. The summed E-state index contributed by atoms with van der Waals surface area (Å²) >= 11 is 7.77. The number of rotatable bonds is 11. The minimum absolute atomic E-state index is 0.0666. The highest BCUT2D eigenvalue weighted by atomic mass is 35.5. The number of amides is 2. The molecule has 0 saturated carbocycles. The van der Waals surface area contributed by atoms with Gasteiger partial charge in [-0.05, 0) is 29.7 Å². The lowest BCUT2D eigenvalue weighted by atomic mass is 10.0. The van der Waals surface area contributed by atoms with E-state index in [-0.39, 0.29) is 17.6 Å². The van der Waals surface area contributed by atoms with E-state index in [4.69, 9.17) is 11.6 Å². The van der Waals surface area contributed by atoms with Gasteiger partial charge in [0.05, 0.1) is 5.75 Å². The number of carbonyl (C=O) groups is 2. The van der Waals surface area contributed by atoms with Gasteiger partial charge < -0.3 is 10.2 Å². The third-order valence-corrected chi connectivity index (χ3v) is 6.59. The third kappa shape index (κ3) is 7.65. The van der Waals surface area contributed by atoms with E-state index in [9.17, 15) is 9.59 Å². The molecule has 0 aromatic heterocycles. The molecule has 0 unspecified atom stereocenters. The first-order valence-corrected chi connectivity index (χ1v) is 12.6. The monoisotopic (exact) mass is 480 g/mol. The highest BCUT2D eigenvalue weighted by Crippen LogP contribution is 2.22. The zero-order valence-corrected chi connectivity index (χ0v) is 20.3. The molecule has 1 N–H and O–H groups in total. The molecule has 1 atom stereocenters. The molecule has 0 bridgehead atoms. The summed E-state index contributed by atoms with van der Waals surface area (Å²) in [6.45, 7) is 2.78. The van der Waals surface area contributed by atoms with Crippen molar-refractivity contribution in [2.24, 2.45) is 0 Å². The van der Waals surface area contributed by atoms with Gasteiger partial charge in [-0.1, -0.05) is 90.5 Å².